The summed E-state index contributed by atoms with van der Waals surface area (Å²) in [5.41, 5.74) is 0.692. The summed E-state index contributed by atoms with van der Waals surface area (Å²) in [4.78, 5) is 36.8. The Hall–Kier alpha value is -1.85. The molecule has 4 rings (SSSR count). The molecule has 1 saturated carbocycles. The number of nitrogens with zero attached hydrogens (tertiary/aromatic N) is 3. The van der Waals surface area contributed by atoms with Crippen molar-refractivity contribution in [3.8, 4) is 0 Å². The maximum atomic E-state index is 12.6. The Balaban J connectivity index is 1.52. The quantitative estimate of drug-likeness (QED) is 0.902. The number of hydrogen-bond acceptors (Lipinski definition) is 4. The van der Waals surface area contributed by atoms with Crippen LogP contribution < -0.4 is 10.5 Å². The van der Waals surface area contributed by atoms with E-state index in [0.717, 1.165) is 51.0 Å². The van der Waals surface area contributed by atoms with Gasteiger partial charge in [0.2, 0.25) is 11.9 Å². The second kappa shape index (κ2) is 7.80. The lowest BCUT2D eigenvalue weighted by Gasteiger charge is -2.31. The third-order valence-electron chi connectivity index (χ3n) is 6.25. The van der Waals surface area contributed by atoms with Crippen LogP contribution >= 0.6 is 0 Å². The fourth-order valence-electron chi connectivity index (χ4n) is 4.78. The number of likely N-dealkylation sites (tertiary alicyclic amines) is 1. The van der Waals surface area contributed by atoms with Crippen LogP contribution in [0.15, 0.2) is 10.9 Å². The fraction of sp³-hybridized carbons (Fsp3) is 0.750. The van der Waals surface area contributed by atoms with Gasteiger partial charge in [0, 0.05) is 44.1 Å². The molecule has 6 heteroatoms. The van der Waals surface area contributed by atoms with Crippen LogP contribution in [0.3, 0.4) is 0 Å². The summed E-state index contributed by atoms with van der Waals surface area (Å²) in [6.07, 6.45) is 11.3. The highest BCUT2D eigenvalue weighted by Crippen LogP contribution is 2.33. The van der Waals surface area contributed by atoms with Gasteiger partial charge in [-0.2, -0.15) is 0 Å². The zero-order valence-corrected chi connectivity index (χ0v) is 15.6. The van der Waals surface area contributed by atoms with Crippen molar-refractivity contribution in [3.05, 3.63) is 22.1 Å². The zero-order chi connectivity index (χ0) is 17.9. The summed E-state index contributed by atoms with van der Waals surface area (Å²) in [7, 11) is 0. The standard InChI is InChI=1S/C20H30N4O2/c25-18-13-17(21-20(22-18)23-10-6-1-2-7-11-23)15-12-19(26)24(14-15)16-8-4-3-5-9-16/h13,15-16H,1-12,14H2,(H,21,22,25). The lowest BCUT2D eigenvalue weighted by molar-refractivity contribution is -0.130. The van der Waals surface area contributed by atoms with Crippen molar-refractivity contribution in [3.63, 3.8) is 0 Å². The lowest BCUT2D eigenvalue weighted by atomic mass is 9.94. The van der Waals surface area contributed by atoms with Crippen LogP contribution in [0.4, 0.5) is 5.95 Å². The normalized spacial score (nSPS) is 25.5. The molecule has 1 amide bonds. The number of anilines is 1. The molecule has 1 unspecified atom stereocenters. The summed E-state index contributed by atoms with van der Waals surface area (Å²) in [6.45, 7) is 2.62. The molecule has 3 fully saturated rings. The third kappa shape index (κ3) is 3.79. The van der Waals surface area contributed by atoms with E-state index in [9.17, 15) is 9.59 Å². The first-order valence-corrected chi connectivity index (χ1v) is 10.4. The SMILES string of the molecule is O=C1CC(c2cc(=O)[nH]c(N3CCCCCC3)n2)CN1C1CCCCC1. The Bertz CT molecular complexity index is 687. The molecule has 1 atom stereocenters. The average Bonchev–Trinajstić information content (AvgIpc) is 2.86. The Kier molecular flexibility index (Phi) is 5.27. The van der Waals surface area contributed by atoms with E-state index in [0.29, 0.717) is 18.4 Å². The Morgan fingerprint density at radius 1 is 0.962 bits per heavy atom. The van der Waals surface area contributed by atoms with Crippen molar-refractivity contribution < 1.29 is 4.79 Å². The molecular formula is C20H30N4O2. The smallest absolute Gasteiger partial charge is 0.252 e. The molecule has 1 N–H and O–H groups in total. The van der Waals surface area contributed by atoms with Gasteiger partial charge >= 0.3 is 0 Å². The number of aromatic amines is 1. The molecule has 0 aromatic carbocycles. The summed E-state index contributed by atoms with van der Waals surface area (Å²) >= 11 is 0. The molecule has 6 nitrogen and oxygen atoms in total. The first kappa shape index (κ1) is 17.6. The van der Waals surface area contributed by atoms with Gasteiger partial charge in [0.15, 0.2) is 0 Å². The summed E-state index contributed by atoms with van der Waals surface area (Å²) in [5, 5.41) is 0. The number of carbonyl (C=O) groups excluding carboxylic acids is 1. The minimum atomic E-state index is -0.0992. The average molecular weight is 358 g/mol. The maximum Gasteiger partial charge on any atom is 0.252 e. The second-order valence-electron chi connectivity index (χ2n) is 8.13. The fourth-order valence-corrected chi connectivity index (χ4v) is 4.78. The van der Waals surface area contributed by atoms with E-state index >= 15 is 0 Å². The van der Waals surface area contributed by atoms with E-state index in [1.54, 1.807) is 6.07 Å². The minimum absolute atomic E-state index is 0.0532. The predicted octanol–water partition coefficient (Wildman–Crippen LogP) is 2.80. The molecule has 0 radical (unpaired) electrons. The van der Waals surface area contributed by atoms with Gasteiger partial charge in [0.1, 0.15) is 0 Å². The summed E-state index contributed by atoms with van der Waals surface area (Å²) < 4.78 is 0. The highest BCUT2D eigenvalue weighted by Gasteiger charge is 2.36. The first-order valence-electron chi connectivity index (χ1n) is 10.4. The maximum absolute atomic E-state index is 12.6. The molecule has 142 valence electrons. The predicted molar refractivity (Wildman–Crippen MR) is 101 cm³/mol. The molecule has 2 aliphatic heterocycles. The monoisotopic (exact) mass is 358 g/mol. The number of rotatable bonds is 3. The van der Waals surface area contributed by atoms with Crippen molar-refractivity contribution >= 4 is 11.9 Å². The van der Waals surface area contributed by atoms with Gasteiger partial charge in [-0.25, -0.2) is 4.98 Å². The second-order valence-corrected chi connectivity index (χ2v) is 8.13. The van der Waals surface area contributed by atoms with E-state index in [2.05, 4.69) is 14.8 Å². The number of hydrogen-bond donors (Lipinski definition) is 1. The van der Waals surface area contributed by atoms with Gasteiger partial charge in [-0.15, -0.1) is 0 Å². The number of carbonyl (C=O) groups is 1. The van der Waals surface area contributed by atoms with Crippen molar-refractivity contribution in [1.29, 1.82) is 0 Å². The number of nitrogens with one attached hydrogen (secondary N) is 1. The van der Waals surface area contributed by atoms with E-state index in [-0.39, 0.29) is 17.4 Å². The van der Waals surface area contributed by atoms with Crippen LogP contribution in [-0.4, -0.2) is 46.5 Å². The van der Waals surface area contributed by atoms with Gasteiger partial charge in [0.25, 0.3) is 5.56 Å². The van der Waals surface area contributed by atoms with Crippen LogP contribution in [0, 0.1) is 0 Å². The van der Waals surface area contributed by atoms with Gasteiger partial charge in [0.05, 0.1) is 5.69 Å². The molecule has 1 aromatic heterocycles. The molecular weight excluding hydrogens is 328 g/mol. The highest BCUT2D eigenvalue weighted by molar-refractivity contribution is 5.80. The van der Waals surface area contributed by atoms with Crippen molar-refractivity contribution in [2.75, 3.05) is 24.5 Å². The van der Waals surface area contributed by atoms with Crippen LogP contribution in [-0.2, 0) is 4.79 Å². The van der Waals surface area contributed by atoms with Crippen molar-refractivity contribution in [1.82, 2.24) is 14.9 Å². The van der Waals surface area contributed by atoms with Crippen LogP contribution in [0.1, 0.15) is 75.8 Å². The van der Waals surface area contributed by atoms with Crippen molar-refractivity contribution in [2.24, 2.45) is 0 Å². The summed E-state index contributed by atoms with van der Waals surface area (Å²) in [5.74, 6) is 0.982. The molecule has 3 heterocycles. The molecule has 3 aliphatic rings. The van der Waals surface area contributed by atoms with Crippen LogP contribution in [0.2, 0.25) is 0 Å². The van der Waals surface area contributed by atoms with Crippen LogP contribution in [0.25, 0.3) is 0 Å². The molecule has 0 bridgehead atoms. The summed E-state index contributed by atoms with van der Waals surface area (Å²) in [6, 6.07) is 2.00. The minimum Gasteiger partial charge on any atom is -0.342 e. The van der Waals surface area contributed by atoms with Gasteiger partial charge < -0.3 is 9.80 Å². The number of H-pyrrole nitrogens is 1. The zero-order valence-electron chi connectivity index (χ0n) is 15.6. The molecule has 1 aliphatic carbocycles. The van der Waals surface area contributed by atoms with E-state index in [1.165, 1.54) is 32.1 Å². The van der Waals surface area contributed by atoms with Gasteiger partial charge in [-0.3, -0.25) is 14.6 Å². The molecule has 0 spiro atoms. The highest BCUT2D eigenvalue weighted by atomic mass is 16.2. The van der Waals surface area contributed by atoms with Crippen LogP contribution in [0.5, 0.6) is 0 Å². The number of aromatic nitrogens is 2. The Morgan fingerprint density at radius 3 is 2.38 bits per heavy atom. The van der Waals surface area contributed by atoms with Gasteiger partial charge in [-0.1, -0.05) is 32.1 Å². The topological polar surface area (TPSA) is 69.3 Å². The van der Waals surface area contributed by atoms with E-state index < -0.39 is 0 Å². The molecule has 2 saturated heterocycles. The largest absolute Gasteiger partial charge is 0.342 e. The molecule has 26 heavy (non-hydrogen) atoms. The van der Waals surface area contributed by atoms with E-state index in [4.69, 9.17) is 4.98 Å². The Morgan fingerprint density at radius 2 is 1.65 bits per heavy atom. The van der Waals surface area contributed by atoms with Crippen molar-refractivity contribution in [2.45, 2.75) is 76.2 Å². The number of amides is 1. The first-order chi connectivity index (χ1) is 12.7. The third-order valence-corrected chi connectivity index (χ3v) is 6.25. The molecule has 1 aromatic rings. The van der Waals surface area contributed by atoms with E-state index in [1.807, 2.05) is 0 Å². The lowest BCUT2D eigenvalue weighted by Crippen LogP contribution is -2.37. The van der Waals surface area contributed by atoms with Gasteiger partial charge in [-0.05, 0) is 25.7 Å². The Labute approximate surface area is 155 Å².